The molecule has 132 valence electrons. The smallest absolute Gasteiger partial charge is 0.275 e. The largest absolute Gasteiger partial charge is 0.311 e. The van der Waals surface area contributed by atoms with E-state index in [0.717, 1.165) is 11.6 Å². The summed E-state index contributed by atoms with van der Waals surface area (Å²) in [4.78, 5) is 10.4. The second kappa shape index (κ2) is 6.62. The Morgan fingerprint density at radius 3 is 2.72 bits per heavy atom. The molecule has 0 aliphatic carbocycles. The van der Waals surface area contributed by atoms with Crippen LogP contribution in [0.5, 0.6) is 0 Å². The third-order valence-electron chi connectivity index (χ3n) is 4.14. The van der Waals surface area contributed by atoms with Gasteiger partial charge in [-0.1, -0.05) is 29.8 Å². The number of fused-ring (bicyclic) bond motifs is 1. The van der Waals surface area contributed by atoms with E-state index < -0.39 is 14.9 Å². The van der Waals surface area contributed by atoms with Crippen LogP contribution in [0.2, 0.25) is 5.02 Å². The van der Waals surface area contributed by atoms with Gasteiger partial charge in [-0.2, -0.15) is 0 Å². The number of halogens is 1. The summed E-state index contributed by atoms with van der Waals surface area (Å²) < 4.78 is 27.6. The molecule has 0 saturated carbocycles. The molecule has 1 aliphatic heterocycles. The van der Waals surface area contributed by atoms with Crippen molar-refractivity contribution in [3.8, 4) is 0 Å². The van der Waals surface area contributed by atoms with Gasteiger partial charge in [0.15, 0.2) is 0 Å². The minimum atomic E-state index is -3.99. The highest BCUT2D eigenvalue weighted by atomic mass is 35.5. The SMILES string of the molecule is Cc1c(Cl)cc(S(=O)(=O)N2CCNCc3ccccc32)cc1[N+](=O)[O-]. The first-order chi connectivity index (χ1) is 11.8. The van der Waals surface area contributed by atoms with Crippen LogP contribution in [0.15, 0.2) is 41.3 Å². The number of nitrogens with zero attached hydrogens (tertiary/aromatic N) is 2. The zero-order valence-electron chi connectivity index (χ0n) is 13.4. The topological polar surface area (TPSA) is 92.6 Å². The maximum atomic E-state index is 13.2. The zero-order chi connectivity index (χ0) is 18.2. The molecule has 3 rings (SSSR count). The number of nitrogens with one attached hydrogen (secondary N) is 1. The van der Waals surface area contributed by atoms with E-state index in [4.69, 9.17) is 11.6 Å². The van der Waals surface area contributed by atoms with Crippen LogP contribution in [0.4, 0.5) is 11.4 Å². The highest BCUT2D eigenvalue weighted by Gasteiger charge is 2.30. The summed E-state index contributed by atoms with van der Waals surface area (Å²) in [7, 11) is -3.99. The second-order valence-electron chi connectivity index (χ2n) is 5.69. The van der Waals surface area contributed by atoms with Crippen LogP contribution in [-0.2, 0) is 16.6 Å². The van der Waals surface area contributed by atoms with Crippen LogP contribution in [0.1, 0.15) is 11.1 Å². The Balaban J connectivity index is 2.16. The monoisotopic (exact) mass is 381 g/mol. The van der Waals surface area contributed by atoms with E-state index in [1.165, 1.54) is 17.3 Å². The van der Waals surface area contributed by atoms with Gasteiger partial charge in [0.1, 0.15) is 0 Å². The summed E-state index contributed by atoms with van der Waals surface area (Å²) in [5.41, 5.74) is 1.33. The molecule has 25 heavy (non-hydrogen) atoms. The van der Waals surface area contributed by atoms with Crippen molar-refractivity contribution in [1.82, 2.24) is 5.32 Å². The van der Waals surface area contributed by atoms with Gasteiger partial charge in [-0.05, 0) is 24.6 Å². The summed E-state index contributed by atoms with van der Waals surface area (Å²) in [5.74, 6) is 0. The lowest BCUT2D eigenvalue weighted by atomic mass is 10.2. The number of hydrogen-bond acceptors (Lipinski definition) is 5. The molecule has 0 bridgehead atoms. The van der Waals surface area contributed by atoms with Gasteiger partial charge < -0.3 is 5.32 Å². The summed E-state index contributed by atoms with van der Waals surface area (Å²) in [6, 6.07) is 9.50. The normalized spacial score (nSPS) is 14.7. The lowest BCUT2D eigenvalue weighted by Gasteiger charge is -2.24. The molecule has 9 heteroatoms. The molecule has 1 N–H and O–H groups in total. The molecule has 2 aromatic rings. The molecule has 0 saturated heterocycles. The number of para-hydroxylation sites is 1. The Morgan fingerprint density at radius 1 is 1.28 bits per heavy atom. The average Bonchev–Trinajstić information content (AvgIpc) is 2.79. The standard InChI is InChI=1S/C16H16ClN3O4S/c1-11-14(17)8-13(9-16(11)20(21)22)25(23,24)19-7-6-18-10-12-4-2-3-5-15(12)19/h2-5,8-9,18H,6-7,10H2,1H3. The average molecular weight is 382 g/mol. The molecule has 0 aromatic heterocycles. The first-order valence-corrected chi connectivity index (χ1v) is 9.40. The van der Waals surface area contributed by atoms with Crippen molar-refractivity contribution in [3.05, 3.63) is 62.7 Å². The first kappa shape index (κ1) is 17.7. The van der Waals surface area contributed by atoms with E-state index in [1.807, 2.05) is 12.1 Å². The van der Waals surface area contributed by atoms with Gasteiger partial charge in [0, 0.05) is 31.3 Å². The van der Waals surface area contributed by atoms with Gasteiger partial charge in [0.05, 0.1) is 20.5 Å². The molecule has 0 fully saturated rings. The van der Waals surface area contributed by atoms with Crippen LogP contribution in [0.25, 0.3) is 0 Å². The molecule has 7 nitrogen and oxygen atoms in total. The predicted molar refractivity (Wildman–Crippen MR) is 95.5 cm³/mol. The number of nitro benzene ring substituents is 1. The van der Waals surface area contributed by atoms with Crippen molar-refractivity contribution in [2.45, 2.75) is 18.4 Å². The van der Waals surface area contributed by atoms with E-state index in [9.17, 15) is 18.5 Å². The van der Waals surface area contributed by atoms with Gasteiger partial charge in [-0.15, -0.1) is 0 Å². The van der Waals surface area contributed by atoms with Crippen molar-refractivity contribution in [1.29, 1.82) is 0 Å². The summed E-state index contributed by atoms with van der Waals surface area (Å²) in [6.45, 7) is 2.73. The lowest BCUT2D eigenvalue weighted by molar-refractivity contribution is -0.385. The Bertz CT molecular complexity index is 946. The third kappa shape index (κ3) is 3.20. The van der Waals surface area contributed by atoms with Crippen LogP contribution >= 0.6 is 11.6 Å². The van der Waals surface area contributed by atoms with Crippen LogP contribution in [0.3, 0.4) is 0 Å². The van der Waals surface area contributed by atoms with Crippen molar-refractivity contribution >= 4 is 33.0 Å². The Labute approximate surface area is 150 Å². The third-order valence-corrected chi connectivity index (χ3v) is 6.33. The van der Waals surface area contributed by atoms with Crippen molar-refractivity contribution in [3.63, 3.8) is 0 Å². The van der Waals surface area contributed by atoms with E-state index >= 15 is 0 Å². The molecule has 0 atom stereocenters. The van der Waals surface area contributed by atoms with Crippen molar-refractivity contribution in [2.24, 2.45) is 0 Å². The Hall–Kier alpha value is -2.16. The maximum absolute atomic E-state index is 13.2. The fraction of sp³-hybridized carbons (Fsp3) is 0.250. The zero-order valence-corrected chi connectivity index (χ0v) is 15.0. The summed E-state index contributed by atoms with van der Waals surface area (Å²) in [6.07, 6.45) is 0. The van der Waals surface area contributed by atoms with Gasteiger partial charge in [-0.3, -0.25) is 14.4 Å². The second-order valence-corrected chi connectivity index (χ2v) is 7.96. The van der Waals surface area contributed by atoms with E-state index in [-0.39, 0.29) is 27.7 Å². The van der Waals surface area contributed by atoms with Crippen LogP contribution in [0, 0.1) is 17.0 Å². The lowest BCUT2D eigenvalue weighted by Crippen LogP contribution is -2.34. The maximum Gasteiger partial charge on any atom is 0.275 e. The number of hydrogen-bond donors (Lipinski definition) is 1. The fourth-order valence-corrected chi connectivity index (χ4v) is 4.61. The molecule has 1 aliphatic rings. The van der Waals surface area contributed by atoms with Gasteiger partial charge in [0.25, 0.3) is 15.7 Å². The van der Waals surface area contributed by atoms with Gasteiger partial charge in [-0.25, -0.2) is 8.42 Å². The van der Waals surface area contributed by atoms with Crippen LogP contribution in [-0.4, -0.2) is 26.4 Å². The highest BCUT2D eigenvalue weighted by Crippen LogP contribution is 2.33. The Morgan fingerprint density at radius 2 is 2.00 bits per heavy atom. The number of nitro groups is 1. The minimum Gasteiger partial charge on any atom is -0.311 e. The molecule has 0 unspecified atom stereocenters. The van der Waals surface area contributed by atoms with Crippen molar-refractivity contribution in [2.75, 3.05) is 17.4 Å². The van der Waals surface area contributed by atoms with Crippen LogP contribution < -0.4 is 9.62 Å². The van der Waals surface area contributed by atoms with Gasteiger partial charge in [0.2, 0.25) is 0 Å². The number of sulfonamides is 1. The molecule has 1 heterocycles. The highest BCUT2D eigenvalue weighted by molar-refractivity contribution is 7.92. The van der Waals surface area contributed by atoms with Gasteiger partial charge >= 0.3 is 0 Å². The fourth-order valence-electron chi connectivity index (χ4n) is 2.78. The van der Waals surface area contributed by atoms with E-state index in [2.05, 4.69) is 5.32 Å². The molecule has 0 amide bonds. The Kier molecular flexibility index (Phi) is 4.68. The minimum absolute atomic E-state index is 0.0500. The molecule has 2 aromatic carbocycles. The van der Waals surface area contributed by atoms with E-state index in [0.29, 0.717) is 18.8 Å². The molecule has 0 radical (unpaired) electrons. The number of anilines is 1. The van der Waals surface area contributed by atoms with Crippen molar-refractivity contribution < 1.29 is 13.3 Å². The number of rotatable bonds is 3. The summed E-state index contributed by atoms with van der Waals surface area (Å²) in [5, 5.41) is 14.4. The molecule has 0 spiro atoms. The summed E-state index contributed by atoms with van der Waals surface area (Å²) >= 11 is 6.04. The first-order valence-electron chi connectivity index (χ1n) is 7.58. The van der Waals surface area contributed by atoms with E-state index in [1.54, 1.807) is 12.1 Å². The quantitative estimate of drug-likeness (QED) is 0.651. The molecular formula is C16H16ClN3O4S. The predicted octanol–water partition coefficient (Wildman–Crippen LogP) is 2.86. The molecular weight excluding hydrogens is 366 g/mol. The number of benzene rings is 2.